The van der Waals surface area contributed by atoms with E-state index in [0.717, 1.165) is 31.1 Å². The molecule has 118 valence electrons. The zero-order valence-corrected chi connectivity index (χ0v) is 13.9. The first-order valence-corrected chi connectivity index (χ1v) is 7.65. The first-order chi connectivity index (χ1) is 9.95. The summed E-state index contributed by atoms with van der Waals surface area (Å²) in [4.78, 5) is 2.54. The van der Waals surface area contributed by atoms with Crippen molar-refractivity contribution in [3.8, 4) is 11.5 Å². The fourth-order valence-corrected chi connectivity index (χ4v) is 2.95. The summed E-state index contributed by atoms with van der Waals surface area (Å²) in [7, 11) is 3.35. The van der Waals surface area contributed by atoms with Crippen LogP contribution in [0.5, 0.6) is 11.5 Å². The first-order valence-electron chi connectivity index (χ1n) is 7.65. The van der Waals surface area contributed by atoms with Gasteiger partial charge in [0.25, 0.3) is 0 Å². The molecule has 0 saturated carbocycles. The highest BCUT2D eigenvalue weighted by Gasteiger charge is 2.27. The maximum absolute atomic E-state index is 5.40. The molecule has 1 fully saturated rings. The fraction of sp³-hybridized carbons (Fsp3) is 0.647. The van der Waals surface area contributed by atoms with Gasteiger partial charge in [0.15, 0.2) is 11.5 Å². The van der Waals surface area contributed by atoms with E-state index in [4.69, 9.17) is 9.47 Å². The van der Waals surface area contributed by atoms with Gasteiger partial charge in [-0.1, -0.05) is 6.07 Å². The quantitative estimate of drug-likeness (QED) is 0.925. The summed E-state index contributed by atoms with van der Waals surface area (Å²) in [6.45, 7) is 9.91. The zero-order chi connectivity index (χ0) is 15.5. The van der Waals surface area contributed by atoms with E-state index < -0.39 is 0 Å². The molecule has 0 radical (unpaired) electrons. The van der Waals surface area contributed by atoms with Gasteiger partial charge in [-0.25, -0.2) is 0 Å². The van der Waals surface area contributed by atoms with Crippen molar-refractivity contribution in [1.29, 1.82) is 0 Å². The van der Waals surface area contributed by atoms with Crippen LogP contribution in [0.15, 0.2) is 18.2 Å². The zero-order valence-electron chi connectivity index (χ0n) is 13.9. The SMILES string of the molecule is COc1ccc(CN2CC(C)(C)NCCC2C)cc1OC. The monoisotopic (exact) mass is 292 g/mol. The van der Waals surface area contributed by atoms with E-state index in [1.807, 2.05) is 6.07 Å². The molecule has 1 heterocycles. The van der Waals surface area contributed by atoms with Crippen LogP contribution in [-0.2, 0) is 6.54 Å². The van der Waals surface area contributed by atoms with Crippen LogP contribution in [0, 0.1) is 0 Å². The predicted molar refractivity (Wildman–Crippen MR) is 86.1 cm³/mol. The molecule has 1 atom stereocenters. The molecule has 0 spiro atoms. The van der Waals surface area contributed by atoms with Gasteiger partial charge >= 0.3 is 0 Å². The average Bonchev–Trinajstić information content (AvgIpc) is 2.57. The van der Waals surface area contributed by atoms with Gasteiger partial charge in [0.2, 0.25) is 0 Å². The van der Waals surface area contributed by atoms with Gasteiger partial charge < -0.3 is 14.8 Å². The molecule has 0 bridgehead atoms. The summed E-state index contributed by atoms with van der Waals surface area (Å²) in [6.07, 6.45) is 1.18. The molecule has 0 aromatic heterocycles. The van der Waals surface area contributed by atoms with Crippen LogP contribution < -0.4 is 14.8 Å². The average molecular weight is 292 g/mol. The summed E-state index contributed by atoms with van der Waals surface area (Å²) >= 11 is 0. The topological polar surface area (TPSA) is 33.7 Å². The molecule has 1 aromatic carbocycles. The van der Waals surface area contributed by atoms with Gasteiger partial charge in [-0.15, -0.1) is 0 Å². The maximum Gasteiger partial charge on any atom is 0.161 e. The number of benzene rings is 1. The highest BCUT2D eigenvalue weighted by Crippen LogP contribution is 2.29. The second kappa shape index (κ2) is 6.67. The Morgan fingerprint density at radius 1 is 1.24 bits per heavy atom. The number of nitrogens with one attached hydrogen (secondary N) is 1. The molecule has 2 rings (SSSR count). The Bertz CT molecular complexity index is 474. The summed E-state index contributed by atoms with van der Waals surface area (Å²) in [5, 5.41) is 3.62. The molecule has 1 aliphatic rings. The number of hydrogen-bond donors (Lipinski definition) is 1. The van der Waals surface area contributed by atoms with Crippen molar-refractivity contribution < 1.29 is 9.47 Å². The number of methoxy groups -OCH3 is 2. The van der Waals surface area contributed by atoms with E-state index in [1.54, 1.807) is 14.2 Å². The van der Waals surface area contributed by atoms with Gasteiger partial charge in [0, 0.05) is 24.7 Å². The van der Waals surface area contributed by atoms with Gasteiger partial charge in [0.05, 0.1) is 14.2 Å². The van der Waals surface area contributed by atoms with Crippen molar-refractivity contribution >= 4 is 0 Å². The van der Waals surface area contributed by atoms with E-state index in [1.165, 1.54) is 12.0 Å². The molecule has 1 N–H and O–H groups in total. The molecule has 1 aliphatic heterocycles. The molecule has 1 unspecified atom stereocenters. The highest BCUT2D eigenvalue weighted by molar-refractivity contribution is 5.42. The van der Waals surface area contributed by atoms with E-state index in [2.05, 4.69) is 43.1 Å². The second-order valence-corrected chi connectivity index (χ2v) is 6.54. The van der Waals surface area contributed by atoms with E-state index in [9.17, 15) is 0 Å². The normalized spacial score (nSPS) is 22.6. The van der Waals surface area contributed by atoms with Crippen LogP contribution in [-0.4, -0.2) is 43.8 Å². The largest absolute Gasteiger partial charge is 0.493 e. The summed E-state index contributed by atoms with van der Waals surface area (Å²) in [6, 6.07) is 6.77. The highest BCUT2D eigenvalue weighted by atomic mass is 16.5. The Morgan fingerprint density at radius 3 is 2.62 bits per heavy atom. The molecule has 0 amide bonds. The van der Waals surface area contributed by atoms with Crippen molar-refractivity contribution in [1.82, 2.24) is 10.2 Å². The second-order valence-electron chi connectivity index (χ2n) is 6.54. The third kappa shape index (κ3) is 4.11. The lowest BCUT2D eigenvalue weighted by molar-refractivity contribution is 0.173. The standard InChI is InChI=1S/C17H28N2O2/c1-13-8-9-18-17(2,3)12-19(13)11-14-6-7-15(20-4)16(10-14)21-5/h6-7,10,13,18H,8-9,11-12H2,1-5H3. The molecule has 0 aliphatic carbocycles. The lowest BCUT2D eigenvalue weighted by Crippen LogP contribution is -2.47. The van der Waals surface area contributed by atoms with Crippen molar-refractivity contribution in [2.24, 2.45) is 0 Å². The van der Waals surface area contributed by atoms with Crippen molar-refractivity contribution in [2.75, 3.05) is 27.3 Å². The third-order valence-electron chi connectivity index (χ3n) is 4.22. The Labute approximate surface area is 128 Å². The van der Waals surface area contributed by atoms with Gasteiger partial charge in [-0.2, -0.15) is 0 Å². The van der Waals surface area contributed by atoms with Crippen molar-refractivity contribution in [2.45, 2.75) is 45.3 Å². The lowest BCUT2D eigenvalue weighted by atomic mass is 10.0. The molecular formula is C17H28N2O2. The van der Waals surface area contributed by atoms with E-state index >= 15 is 0 Å². The van der Waals surface area contributed by atoms with Crippen LogP contribution in [0.4, 0.5) is 0 Å². The maximum atomic E-state index is 5.40. The summed E-state index contributed by atoms with van der Waals surface area (Å²) in [5.41, 5.74) is 1.42. The predicted octanol–water partition coefficient (Wildman–Crippen LogP) is 2.67. The van der Waals surface area contributed by atoms with Crippen LogP contribution in [0.2, 0.25) is 0 Å². The molecule has 4 nitrogen and oxygen atoms in total. The summed E-state index contributed by atoms with van der Waals surface area (Å²) < 4.78 is 10.7. The van der Waals surface area contributed by atoms with Gasteiger partial charge in [-0.05, 0) is 51.4 Å². The number of rotatable bonds is 4. The lowest BCUT2D eigenvalue weighted by Gasteiger charge is -2.33. The first kappa shape index (κ1) is 16.1. The number of nitrogens with zero attached hydrogens (tertiary/aromatic N) is 1. The van der Waals surface area contributed by atoms with Gasteiger partial charge in [0.1, 0.15) is 0 Å². The Kier molecular flexibility index (Phi) is 5.12. The molecule has 21 heavy (non-hydrogen) atoms. The fourth-order valence-electron chi connectivity index (χ4n) is 2.95. The van der Waals surface area contributed by atoms with Crippen LogP contribution >= 0.6 is 0 Å². The molecule has 4 heteroatoms. The minimum absolute atomic E-state index is 0.154. The molecular weight excluding hydrogens is 264 g/mol. The molecule has 1 saturated heterocycles. The van der Waals surface area contributed by atoms with Crippen molar-refractivity contribution in [3.63, 3.8) is 0 Å². The Hall–Kier alpha value is -1.26. The minimum Gasteiger partial charge on any atom is -0.493 e. The smallest absolute Gasteiger partial charge is 0.161 e. The Balaban J connectivity index is 2.15. The number of ether oxygens (including phenoxy) is 2. The third-order valence-corrected chi connectivity index (χ3v) is 4.22. The van der Waals surface area contributed by atoms with E-state index in [-0.39, 0.29) is 5.54 Å². The van der Waals surface area contributed by atoms with Crippen LogP contribution in [0.3, 0.4) is 0 Å². The minimum atomic E-state index is 0.154. The molecule has 1 aromatic rings. The van der Waals surface area contributed by atoms with Gasteiger partial charge in [-0.3, -0.25) is 4.90 Å². The van der Waals surface area contributed by atoms with Crippen LogP contribution in [0.25, 0.3) is 0 Å². The Morgan fingerprint density at radius 2 is 1.95 bits per heavy atom. The summed E-state index contributed by atoms with van der Waals surface area (Å²) in [5.74, 6) is 1.59. The van der Waals surface area contributed by atoms with Crippen LogP contribution in [0.1, 0.15) is 32.8 Å². The van der Waals surface area contributed by atoms with Crippen molar-refractivity contribution in [3.05, 3.63) is 23.8 Å². The van der Waals surface area contributed by atoms with E-state index in [0.29, 0.717) is 6.04 Å². The number of hydrogen-bond acceptors (Lipinski definition) is 4.